The molecule has 0 bridgehead atoms. The highest BCUT2D eigenvalue weighted by Gasteiger charge is 2.57. The molecule has 2 fully saturated rings. The van der Waals surface area contributed by atoms with Crippen molar-refractivity contribution in [1.29, 1.82) is 0 Å². The van der Waals surface area contributed by atoms with E-state index in [2.05, 4.69) is 30.3 Å². The van der Waals surface area contributed by atoms with Crippen molar-refractivity contribution in [3.63, 3.8) is 0 Å². The molecule has 2 aliphatic carbocycles. The van der Waals surface area contributed by atoms with Gasteiger partial charge in [0.1, 0.15) is 0 Å². The lowest BCUT2D eigenvalue weighted by Gasteiger charge is -2.13. The average Bonchev–Trinajstić information content (AvgIpc) is 2.67. The minimum Gasteiger partial charge on any atom is -0.325 e. The summed E-state index contributed by atoms with van der Waals surface area (Å²) in [6.45, 7) is 0. The average molecular weight is 173 g/mol. The van der Waals surface area contributed by atoms with E-state index < -0.39 is 0 Å². The van der Waals surface area contributed by atoms with Crippen molar-refractivity contribution in [2.24, 2.45) is 11.7 Å². The fraction of sp³-hybridized carbons (Fsp3) is 0.500. The van der Waals surface area contributed by atoms with Crippen LogP contribution in [0.4, 0.5) is 0 Å². The van der Waals surface area contributed by atoms with Gasteiger partial charge in [-0.3, -0.25) is 0 Å². The third-order valence-electron chi connectivity index (χ3n) is 3.75. The molecule has 0 aromatic heterocycles. The predicted octanol–water partition coefficient (Wildman–Crippen LogP) is 2.28. The summed E-state index contributed by atoms with van der Waals surface area (Å²) in [4.78, 5) is 0. The zero-order valence-corrected chi connectivity index (χ0v) is 7.74. The third kappa shape index (κ3) is 1.11. The Labute approximate surface area is 78.9 Å². The van der Waals surface area contributed by atoms with Gasteiger partial charge in [0.05, 0.1) is 0 Å². The van der Waals surface area contributed by atoms with Crippen LogP contribution in [0.1, 0.15) is 30.7 Å². The van der Waals surface area contributed by atoms with Crippen LogP contribution in [0.2, 0.25) is 0 Å². The minimum atomic E-state index is 0.237. The van der Waals surface area contributed by atoms with E-state index in [0.29, 0.717) is 0 Å². The Hall–Kier alpha value is -0.820. The lowest BCUT2D eigenvalue weighted by Crippen LogP contribution is -2.21. The van der Waals surface area contributed by atoms with Crippen molar-refractivity contribution in [3.05, 3.63) is 35.9 Å². The van der Waals surface area contributed by atoms with E-state index in [-0.39, 0.29) is 5.54 Å². The Kier molecular flexibility index (Phi) is 1.37. The molecule has 0 unspecified atom stereocenters. The molecule has 1 aromatic rings. The van der Waals surface area contributed by atoms with Gasteiger partial charge in [0.15, 0.2) is 0 Å². The van der Waals surface area contributed by atoms with Gasteiger partial charge in [0, 0.05) is 5.54 Å². The topological polar surface area (TPSA) is 26.0 Å². The van der Waals surface area contributed by atoms with Gasteiger partial charge in [-0.15, -0.1) is 0 Å². The fourth-order valence-corrected chi connectivity index (χ4v) is 2.83. The number of fused-ring (bicyclic) bond motifs is 1. The summed E-state index contributed by atoms with van der Waals surface area (Å²) < 4.78 is 0. The van der Waals surface area contributed by atoms with Gasteiger partial charge < -0.3 is 5.73 Å². The van der Waals surface area contributed by atoms with Crippen molar-refractivity contribution in [2.45, 2.75) is 30.7 Å². The van der Waals surface area contributed by atoms with E-state index in [1.54, 1.807) is 0 Å². The van der Waals surface area contributed by atoms with Crippen molar-refractivity contribution < 1.29 is 0 Å². The Morgan fingerprint density at radius 3 is 2.54 bits per heavy atom. The molecule has 13 heavy (non-hydrogen) atoms. The van der Waals surface area contributed by atoms with Crippen LogP contribution in [0.3, 0.4) is 0 Å². The normalized spacial score (nSPS) is 41.6. The molecule has 0 amide bonds. The number of hydrogen-bond donors (Lipinski definition) is 1. The first-order valence-electron chi connectivity index (χ1n) is 5.12. The smallest absolute Gasteiger partial charge is 0.0192 e. The number of hydrogen-bond acceptors (Lipinski definition) is 1. The maximum Gasteiger partial charge on any atom is 0.0192 e. The molecule has 2 N–H and O–H groups in total. The summed E-state index contributed by atoms with van der Waals surface area (Å²) in [6, 6.07) is 10.8. The largest absolute Gasteiger partial charge is 0.325 e. The maximum absolute atomic E-state index is 6.18. The van der Waals surface area contributed by atoms with E-state index >= 15 is 0 Å². The molecule has 68 valence electrons. The maximum atomic E-state index is 6.18. The highest BCUT2D eigenvalue weighted by Crippen LogP contribution is 2.58. The van der Waals surface area contributed by atoms with Gasteiger partial charge in [0.2, 0.25) is 0 Å². The molecule has 1 aromatic carbocycles. The quantitative estimate of drug-likeness (QED) is 0.692. The molecule has 3 atom stereocenters. The molecule has 0 radical (unpaired) electrons. The van der Waals surface area contributed by atoms with Crippen LogP contribution >= 0.6 is 0 Å². The molecule has 2 saturated carbocycles. The van der Waals surface area contributed by atoms with Gasteiger partial charge in [-0.1, -0.05) is 30.3 Å². The van der Waals surface area contributed by atoms with E-state index in [1.807, 2.05) is 0 Å². The van der Waals surface area contributed by atoms with Gasteiger partial charge in [0.25, 0.3) is 0 Å². The minimum absolute atomic E-state index is 0.237. The predicted molar refractivity (Wildman–Crippen MR) is 53.4 cm³/mol. The summed E-state index contributed by atoms with van der Waals surface area (Å²) in [5.41, 5.74) is 7.90. The molecule has 2 aliphatic rings. The molecule has 1 heteroatoms. The molecule has 0 heterocycles. The van der Waals surface area contributed by atoms with Crippen molar-refractivity contribution in [2.75, 3.05) is 0 Å². The summed E-state index contributed by atoms with van der Waals surface area (Å²) in [5.74, 6) is 1.57. The van der Waals surface area contributed by atoms with Crippen LogP contribution in [0.15, 0.2) is 30.3 Å². The molecular formula is C12H15N. The van der Waals surface area contributed by atoms with E-state index in [9.17, 15) is 0 Å². The Morgan fingerprint density at radius 1 is 1.15 bits per heavy atom. The molecule has 0 saturated heterocycles. The van der Waals surface area contributed by atoms with Crippen LogP contribution in [-0.2, 0) is 0 Å². The standard InChI is InChI=1S/C12H15N/c13-12-7-10(6-11(12)8-12)9-4-2-1-3-5-9/h1-5,10-11H,6-8,13H2/t10-,11+,12+/m0/s1. The van der Waals surface area contributed by atoms with Gasteiger partial charge in [-0.25, -0.2) is 0 Å². The SMILES string of the molecule is N[C@@]12C[C@@H](c3ccccc3)C[C@@H]1C2. The first-order valence-corrected chi connectivity index (χ1v) is 5.12. The van der Waals surface area contributed by atoms with Crippen molar-refractivity contribution >= 4 is 0 Å². The Morgan fingerprint density at radius 2 is 1.92 bits per heavy atom. The lowest BCUT2D eigenvalue weighted by atomic mass is 9.94. The summed E-state index contributed by atoms with van der Waals surface area (Å²) in [6.07, 6.45) is 3.80. The zero-order chi connectivity index (χ0) is 8.89. The van der Waals surface area contributed by atoms with Crippen LogP contribution < -0.4 is 5.73 Å². The second kappa shape index (κ2) is 2.36. The fourth-order valence-electron chi connectivity index (χ4n) is 2.83. The second-order valence-corrected chi connectivity index (χ2v) is 4.68. The van der Waals surface area contributed by atoms with Gasteiger partial charge >= 0.3 is 0 Å². The van der Waals surface area contributed by atoms with Crippen LogP contribution in [0.5, 0.6) is 0 Å². The van der Waals surface area contributed by atoms with E-state index in [0.717, 1.165) is 11.8 Å². The molecule has 0 spiro atoms. The van der Waals surface area contributed by atoms with Crippen molar-refractivity contribution in [1.82, 2.24) is 0 Å². The van der Waals surface area contributed by atoms with Crippen molar-refractivity contribution in [3.8, 4) is 0 Å². The van der Waals surface area contributed by atoms with Crippen LogP contribution in [0, 0.1) is 5.92 Å². The van der Waals surface area contributed by atoms with Crippen LogP contribution in [0.25, 0.3) is 0 Å². The highest BCUT2D eigenvalue weighted by molar-refractivity contribution is 5.27. The van der Waals surface area contributed by atoms with E-state index in [1.165, 1.54) is 24.8 Å². The Bertz CT molecular complexity index is 319. The zero-order valence-electron chi connectivity index (χ0n) is 7.74. The first-order chi connectivity index (χ1) is 6.28. The first kappa shape index (κ1) is 7.57. The molecule has 1 nitrogen and oxygen atoms in total. The van der Waals surface area contributed by atoms with E-state index in [4.69, 9.17) is 5.73 Å². The molecule has 3 rings (SSSR count). The lowest BCUT2D eigenvalue weighted by molar-refractivity contribution is 0.585. The van der Waals surface area contributed by atoms with Gasteiger partial charge in [-0.2, -0.15) is 0 Å². The second-order valence-electron chi connectivity index (χ2n) is 4.68. The summed E-state index contributed by atoms with van der Waals surface area (Å²) in [5, 5.41) is 0. The van der Waals surface area contributed by atoms with Crippen LogP contribution in [-0.4, -0.2) is 5.54 Å². The third-order valence-corrected chi connectivity index (χ3v) is 3.75. The summed E-state index contributed by atoms with van der Waals surface area (Å²) >= 11 is 0. The highest BCUT2D eigenvalue weighted by atomic mass is 14.9. The number of nitrogens with two attached hydrogens (primary N) is 1. The van der Waals surface area contributed by atoms with Gasteiger partial charge in [-0.05, 0) is 36.7 Å². The number of benzene rings is 1. The molecular weight excluding hydrogens is 158 g/mol. The Balaban J connectivity index is 1.82. The monoisotopic (exact) mass is 173 g/mol. The number of rotatable bonds is 1. The molecule has 0 aliphatic heterocycles. The summed E-state index contributed by atoms with van der Waals surface area (Å²) in [7, 11) is 0.